The van der Waals surface area contributed by atoms with Crippen molar-refractivity contribution in [2.24, 2.45) is 0 Å². The average molecular weight is 485 g/mol. The zero-order valence-electron chi connectivity index (χ0n) is 20.6. The first kappa shape index (κ1) is 23.6. The number of nitrogens with zero attached hydrogens (tertiary/aromatic N) is 2. The zero-order valence-corrected chi connectivity index (χ0v) is 20.6. The normalized spacial score (nSPS) is 14.9. The summed E-state index contributed by atoms with van der Waals surface area (Å²) in [6.07, 6.45) is 0. The Morgan fingerprint density at radius 3 is 2.44 bits per heavy atom. The molecule has 7 heteroatoms. The summed E-state index contributed by atoms with van der Waals surface area (Å²) < 4.78 is 17.7. The van der Waals surface area contributed by atoms with E-state index in [9.17, 15) is 9.59 Å². The van der Waals surface area contributed by atoms with Crippen LogP contribution in [0.4, 0.5) is 0 Å². The molecule has 36 heavy (non-hydrogen) atoms. The maximum absolute atomic E-state index is 13.6. The van der Waals surface area contributed by atoms with Crippen LogP contribution in [0.15, 0.2) is 82.0 Å². The Hall–Kier alpha value is -4.10. The molecule has 5 rings (SSSR count). The molecule has 7 nitrogen and oxygen atoms in total. The summed E-state index contributed by atoms with van der Waals surface area (Å²) in [5.74, 6) is 0.927. The molecule has 0 radical (unpaired) electrons. The van der Waals surface area contributed by atoms with E-state index in [1.807, 2.05) is 67.5 Å². The second-order valence-electron chi connectivity index (χ2n) is 9.06. The summed E-state index contributed by atoms with van der Waals surface area (Å²) in [5, 5.41) is 0.457. The van der Waals surface area contributed by atoms with Crippen molar-refractivity contribution in [2.75, 3.05) is 34.3 Å². The first-order chi connectivity index (χ1) is 17.5. The Kier molecular flexibility index (Phi) is 6.48. The highest BCUT2D eigenvalue weighted by Gasteiger charge is 2.42. The van der Waals surface area contributed by atoms with Crippen LogP contribution < -0.4 is 14.9 Å². The summed E-state index contributed by atoms with van der Waals surface area (Å²) in [6.45, 7) is 1.47. The molecule has 1 atom stereocenters. The van der Waals surface area contributed by atoms with E-state index in [2.05, 4.69) is 0 Å². The summed E-state index contributed by atoms with van der Waals surface area (Å²) in [5.41, 5.74) is 2.37. The van der Waals surface area contributed by atoms with Gasteiger partial charge in [-0.3, -0.25) is 9.59 Å². The van der Waals surface area contributed by atoms with Gasteiger partial charge < -0.3 is 23.7 Å². The van der Waals surface area contributed by atoms with Crippen molar-refractivity contribution in [1.29, 1.82) is 0 Å². The average Bonchev–Trinajstić information content (AvgIpc) is 3.18. The fourth-order valence-electron chi connectivity index (χ4n) is 4.56. The number of methoxy groups -OCH3 is 1. The Balaban J connectivity index is 1.57. The highest BCUT2D eigenvalue weighted by atomic mass is 16.5. The van der Waals surface area contributed by atoms with Gasteiger partial charge in [0.25, 0.3) is 5.91 Å². The largest absolute Gasteiger partial charge is 0.493 e. The monoisotopic (exact) mass is 484 g/mol. The quantitative estimate of drug-likeness (QED) is 0.367. The molecule has 0 fully saturated rings. The molecule has 1 aliphatic rings. The molecule has 0 saturated carbocycles. The number of hydrogen-bond donors (Lipinski definition) is 0. The molecule has 0 bridgehead atoms. The Bertz CT molecular complexity index is 1460. The minimum absolute atomic E-state index is 0.103. The van der Waals surface area contributed by atoms with Crippen LogP contribution in [-0.4, -0.2) is 50.0 Å². The predicted molar refractivity (Wildman–Crippen MR) is 138 cm³/mol. The molecule has 4 aromatic rings. The second-order valence-corrected chi connectivity index (χ2v) is 9.06. The van der Waals surface area contributed by atoms with Gasteiger partial charge in [0.2, 0.25) is 5.76 Å². The van der Waals surface area contributed by atoms with E-state index in [-0.39, 0.29) is 17.1 Å². The van der Waals surface area contributed by atoms with Crippen LogP contribution >= 0.6 is 0 Å². The lowest BCUT2D eigenvalue weighted by atomic mass is 9.98. The molecular weight excluding hydrogens is 456 g/mol. The van der Waals surface area contributed by atoms with Gasteiger partial charge in [-0.2, -0.15) is 0 Å². The number of amides is 1. The molecule has 0 saturated heterocycles. The third kappa shape index (κ3) is 4.33. The van der Waals surface area contributed by atoms with Gasteiger partial charge in [-0.1, -0.05) is 48.5 Å². The van der Waals surface area contributed by atoms with Gasteiger partial charge in [0.05, 0.1) is 24.1 Å². The van der Waals surface area contributed by atoms with E-state index in [4.69, 9.17) is 13.9 Å². The Morgan fingerprint density at radius 1 is 0.944 bits per heavy atom. The molecule has 0 aliphatic carbocycles. The number of benzene rings is 3. The minimum Gasteiger partial charge on any atom is -0.493 e. The molecule has 1 aliphatic heterocycles. The van der Waals surface area contributed by atoms with Crippen LogP contribution in [0, 0.1) is 0 Å². The van der Waals surface area contributed by atoms with Crippen LogP contribution in [0.1, 0.15) is 33.3 Å². The van der Waals surface area contributed by atoms with Crippen molar-refractivity contribution in [3.63, 3.8) is 0 Å². The summed E-state index contributed by atoms with van der Waals surface area (Å²) >= 11 is 0. The van der Waals surface area contributed by atoms with Gasteiger partial charge in [-0.15, -0.1) is 0 Å². The maximum Gasteiger partial charge on any atom is 0.290 e. The number of carbonyl (C=O) groups is 1. The zero-order chi connectivity index (χ0) is 25.2. The number of fused-ring (bicyclic) bond motifs is 2. The van der Waals surface area contributed by atoms with E-state index in [0.29, 0.717) is 47.7 Å². The van der Waals surface area contributed by atoms with Crippen molar-refractivity contribution in [3.05, 3.63) is 105 Å². The molecule has 3 aromatic carbocycles. The second kappa shape index (κ2) is 9.87. The molecule has 0 N–H and O–H groups in total. The third-order valence-corrected chi connectivity index (χ3v) is 6.40. The lowest BCUT2D eigenvalue weighted by Gasteiger charge is -2.27. The topological polar surface area (TPSA) is 72.2 Å². The predicted octanol–water partition coefficient (Wildman–Crippen LogP) is 4.49. The lowest BCUT2D eigenvalue weighted by molar-refractivity contribution is 0.0716. The van der Waals surface area contributed by atoms with E-state index in [1.54, 1.807) is 36.3 Å². The van der Waals surface area contributed by atoms with E-state index >= 15 is 0 Å². The SMILES string of the molecule is COc1cc(C2c3c(oc4ccccc4c3=O)C(=O)N2CCN(C)C)ccc1OCc1ccccc1. The number of hydrogen-bond acceptors (Lipinski definition) is 6. The molecule has 0 spiro atoms. The van der Waals surface area contributed by atoms with Crippen LogP contribution in [0.2, 0.25) is 0 Å². The van der Waals surface area contributed by atoms with Gasteiger partial charge in [-0.25, -0.2) is 0 Å². The number of ether oxygens (including phenoxy) is 2. The highest BCUT2D eigenvalue weighted by molar-refractivity contribution is 5.99. The maximum atomic E-state index is 13.6. The summed E-state index contributed by atoms with van der Waals surface area (Å²) in [4.78, 5) is 30.8. The number of carbonyl (C=O) groups excluding carboxylic acids is 1. The van der Waals surface area contributed by atoms with Gasteiger partial charge in [0.1, 0.15) is 12.2 Å². The summed E-state index contributed by atoms with van der Waals surface area (Å²) in [6, 6.07) is 21.9. The Labute approximate surface area is 209 Å². The number of para-hydroxylation sites is 1. The third-order valence-electron chi connectivity index (χ3n) is 6.40. The first-order valence-electron chi connectivity index (χ1n) is 11.8. The van der Waals surface area contributed by atoms with Crippen LogP contribution in [0.25, 0.3) is 11.0 Å². The minimum atomic E-state index is -0.592. The van der Waals surface area contributed by atoms with Gasteiger partial charge in [-0.05, 0) is 49.5 Å². The van der Waals surface area contributed by atoms with Gasteiger partial charge in [0.15, 0.2) is 16.9 Å². The summed E-state index contributed by atoms with van der Waals surface area (Å²) in [7, 11) is 5.47. The molecule has 1 amide bonds. The standard InChI is InChI=1S/C29H28N2O5/c1-30(2)15-16-31-26(25-27(32)21-11-7-8-12-22(21)36-28(25)29(31)33)20-13-14-23(24(17-20)34-3)35-18-19-9-5-4-6-10-19/h4-14,17,26H,15-16,18H2,1-3H3. The fraction of sp³-hybridized carbons (Fsp3) is 0.241. The Morgan fingerprint density at radius 2 is 1.69 bits per heavy atom. The van der Waals surface area contributed by atoms with E-state index in [0.717, 1.165) is 11.1 Å². The molecule has 184 valence electrons. The number of likely N-dealkylation sites (N-methyl/N-ethyl adjacent to an activating group) is 1. The highest BCUT2D eigenvalue weighted by Crippen LogP contribution is 2.41. The number of rotatable bonds is 8. The van der Waals surface area contributed by atoms with Crippen LogP contribution in [0.5, 0.6) is 11.5 Å². The van der Waals surface area contributed by atoms with Crippen molar-refractivity contribution in [1.82, 2.24) is 9.80 Å². The molecular formula is C29H28N2O5. The molecule has 1 unspecified atom stereocenters. The van der Waals surface area contributed by atoms with Crippen LogP contribution in [0.3, 0.4) is 0 Å². The van der Waals surface area contributed by atoms with E-state index in [1.165, 1.54) is 0 Å². The fourth-order valence-corrected chi connectivity index (χ4v) is 4.56. The van der Waals surface area contributed by atoms with Crippen LogP contribution in [-0.2, 0) is 6.61 Å². The smallest absolute Gasteiger partial charge is 0.290 e. The van der Waals surface area contributed by atoms with E-state index < -0.39 is 6.04 Å². The van der Waals surface area contributed by atoms with Gasteiger partial charge >= 0.3 is 0 Å². The molecule has 1 aromatic heterocycles. The van der Waals surface area contributed by atoms with Crippen molar-refractivity contribution in [2.45, 2.75) is 12.6 Å². The van der Waals surface area contributed by atoms with Crippen molar-refractivity contribution >= 4 is 16.9 Å². The van der Waals surface area contributed by atoms with Crippen molar-refractivity contribution < 1.29 is 18.7 Å². The van der Waals surface area contributed by atoms with Gasteiger partial charge in [0, 0.05) is 13.1 Å². The van der Waals surface area contributed by atoms with Crippen molar-refractivity contribution in [3.8, 4) is 11.5 Å². The molecule has 2 heterocycles. The lowest BCUT2D eigenvalue weighted by Crippen LogP contribution is -2.35. The first-order valence-corrected chi connectivity index (χ1v) is 11.8.